The molecule has 0 aromatic rings. The summed E-state index contributed by atoms with van der Waals surface area (Å²) in [4.78, 5) is 15.2. The van der Waals surface area contributed by atoms with Crippen molar-refractivity contribution in [3.63, 3.8) is 0 Å². The van der Waals surface area contributed by atoms with Gasteiger partial charge in [0.05, 0.1) is 11.2 Å². The summed E-state index contributed by atoms with van der Waals surface area (Å²) in [6.07, 6.45) is 2.31. The van der Waals surface area contributed by atoms with Gasteiger partial charge >= 0.3 is 0 Å². The zero-order chi connectivity index (χ0) is 15.9. The Hall–Kier alpha value is -0.610. The first-order valence-corrected chi connectivity index (χ1v) is 8.24. The van der Waals surface area contributed by atoms with Gasteiger partial charge in [-0.2, -0.15) is 0 Å². The molecule has 0 bridgehead atoms. The molecule has 2 aliphatic heterocycles. The summed E-state index contributed by atoms with van der Waals surface area (Å²) >= 11 is 0. The first kappa shape index (κ1) is 16.8. The predicted molar refractivity (Wildman–Crippen MR) is 85.2 cm³/mol. The van der Waals surface area contributed by atoms with Crippen LogP contribution in [0.5, 0.6) is 0 Å². The highest BCUT2D eigenvalue weighted by Gasteiger charge is 2.46. The van der Waals surface area contributed by atoms with E-state index in [0.717, 1.165) is 19.5 Å². The van der Waals surface area contributed by atoms with E-state index >= 15 is 0 Å². The van der Waals surface area contributed by atoms with Gasteiger partial charge in [0.1, 0.15) is 0 Å². The number of piperidine rings is 1. The van der Waals surface area contributed by atoms with Crippen molar-refractivity contribution < 1.29 is 9.53 Å². The third-order valence-corrected chi connectivity index (χ3v) is 4.85. The Bertz CT molecular complexity index is 380. The monoisotopic (exact) mass is 296 g/mol. The van der Waals surface area contributed by atoms with E-state index in [1.807, 2.05) is 4.90 Å². The molecule has 2 saturated heterocycles. The molecule has 2 fully saturated rings. The van der Waals surface area contributed by atoms with Crippen molar-refractivity contribution in [2.24, 2.45) is 11.3 Å². The fraction of sp³-hybridized carbons (Fsp3) is 0.941. The summed E-state index contributed by atoms with van der Waals surface area (Å²) < 4.78 is 6.09. The number of amides is 1. The molecule has 0 aliphatic carbocycles. The molecule has 1 atom stereocenters. The highest BCUT2D eigenvalue weighted by molar-refractivity contribution is 5.82. The number of morpholine rings is 1. The average Bonchev–Trinajstić information content (AvgIpc) is 2.35. The molecule has 122 valence electrons. The lowest BCUT2D eigenvalue weighted by Gasteiger charge is -2.50. The van der Waals surface area contributed by atoms with Gasteiger partial charge in [-0.25, -0.2) is 0 Å². The van der Waals surface area contributed by atoms with Crippen LogP contribution in [0.1, 0.15) is 54.4 Å². The molecule has 2 heterocycles. The van der Waals surface area contributed by atoms with Gasteiger partial charge in [-0.3, -0.25) is 4.79 Å². The Kier molecular flexibility index (Phi) is 4.42. The number of hydrogen-bond acceptors (Lipinski definition) is 3. The molecule has 1 unspecified atom stereocenters. The van der Waals surface area contributed by atoms with E-state index in [2.05, 4.69) is 46.9 Å². The molecule has 4 heteroatoms. The predicted octanol–water partition coefficient (Wildman–Crippen LogP) is 2.43. The molecule has 0 aromatic carbocycles. The van der Waals surface area contributed by atoms with Crippen molar-refractivity contribution in [2.45, 2.75) is 65.6 Å². The molecule has 0 aromatic heterocycles. The van der Waals surface area contributed by atoms with Crippen molar-refractivity contribution >= 4 is 5.91 Å². The summed E-state index contributed by atoms with van der Waals surface area (Å²) in [5.41, 5.74) is -0.868. The molecule has 4 nitrogen and oxygen atoms in total. The number of nitrogens with one attached hydrogen (secondary N) is 1. The Morgan fingerprint density at radius 3 is 2.24 bits per heavy atom. The molecule has 21 heavy (non-hydrogen) atoms. The minimum Gasteiger partial charge on any atom is -0.366 e. The van der Waals surface area contributed by atoms with Gasteiger partial charge in [-0.1, -0.05) is 13.8 Å². The van der Waals surface area contributed by atoms with E-state index in [-0.39, 0.29) is 22.5 Å². The standard InChI is InChI=1S/C17H32N2O2/c1-15(2)11-19(12-16(3,4)21-15)14(20)17(5,6)13-8-7-9-18-10-13/h13,18H,7-12H2,1-6H3. The van der Waals surface area contributed by atoms with Crippen molar-refractivity contribution in [1.29, 1.82) is 0 Å². The zero-order valence-electron chi connectivity index (χ0n) is 14.6. The molecular weight excluding hydrogens is 264 g/mol. The maximum Gasteiger partial charge on any atom is 0.228 e. The van der Waals surface area contributed by atoms with Gasteiger partial charge in [-0.15, -0.1) is 0 Å². The lowest BCUT2D eigenvalue weighted by molar-refractivity contribution is -0.194. The number of hydrogen-bond donors (Lipinski definition) is 1. The highest BCUT2D eigenvalue weighted by atomic mass is 16.5. The molecule has 2 rings (SSSR count). The Morgan fingerprint density at radius 1 is 1.19 bits per heavy atom. The van der Waals surface area contributed by atoms with Crippen molar-refractivity contribution in [1.82, 2.24) is 10.2 Å². The van der Waals surface area contributed by atoms with Crippen LogP contribution in [0.4, 0.5) is 0 Å². The van der Waals surface area contributed by atoms with E-state index in [1.54, 1.807) is 0 Å². The number of ether oxygens (including phenoxy) is 1. The Morgan fingerprint density at radius 2 is 1.76 bits per heavy atom. The number of rotatable bonds is 2. The van der Waals surface area contributed by atoms with E-state index < -0.39 is 0 Å². The molecule has 1 N–H and O–H groups in total. The largest absolute Gasteiger partial charge is 0.366 e. The zero-order valence-corrected chi connectivity index (χ0v) is 14.6. The third-order valence-electron chi connectivity index (χ3n) is 4.85. The van der Waals surface area contributed by atoms with Gasteiger partial charge in [0, 0.05) is 18.5 Å². The van der Waals surface area contributed by atoms with Crippen LogP contribution >= 0.6 is 0 Å². The average molecular weight is 296 g/mol. The third kappa shape index (κ3) is 3.78. The van der Waals surface area contributed by atoms with E-state index in [4.69, 9.17) is 4.74 Å². The lowest BCUT2D eigenvalue weighted by Crippen LogP contribution is -2.61. The normalized spacial score (nSPS) is 29.2. The number of carbonyl (C=O) groups is 1. The van der Waals surface area contributed by atoms with Gasteiger partial charge in [0.15, 0.2) is 0 Å². The quantitative estimate of drug-likeness (QED) is 0.851. The van der Waals surface area contributed by atoms with Gasteiger partial charge in [0.2, 0.25) is 5.91 Å². The first-order valence-electron chi connectivity index (χ1n) is 8.24. The fourth-order valence-electron chi connectivity index (χ4n) is 3.98. The maximum absolute atomic E-state index is 13.1. The summed E-state index contributed by atoms with van der Waals surface area (Å²) in [5.74, 6) is 0.702. The van der Waals surface area contributed by atoms with Crippen LogP contribution in [0.25, 0.3) is 0 Å². The first-order chi connectivity index (χ1) is 9.54. The van der Waals surface area contributed by atoms with Crippen LogP contribution in [0.15, 0.2) is 0 Å². The van der Waals surface area contributed by atoms with Crippen LogP contribution in [0.3, 0.4) is 0 Å². The lowest BCUT2D eigenvalue weighted by atomic mass is 9.73. The molecular formula is C17H32N2O2. The fourth-order valence-corrected chi connectivity index (χ4v) is 3.98. The molecule has 0 spiro atoms. The number of nitrogens with zero attached hydrogens (tertiary/aromatic N) is 1. The maximum atomic E-state index is 13.1. The second-order valence-corrected chi connectivity index (χ2v) is 8.55. The minimum atomic E-state index is -0.309. The smallest absolute Gasteiger partial charge is 0.228 e. The van der Waals surface area contributed by atoms with Crippen molar-refractivity contribution in [2.75, 3.05) is 26.2 Å². The summed E-state index contributed by atoms with van der Waals surface area (Å²) in [6.45, 7) is 15.9. The highest BCUT2D eigenvalue weighted by Crippen LogP contribution is 2.36. The Labute approximate surface area is 129 Å². The Balaban J connectivity index is 2.14. The van der Waals surface area contributed by atoms with Crippen LogP contribution in [-0.4, -0.2) is 48.2 Å². The van der Waals surface area contributed by atoms with Crippen LogP contribution in [-0.2, 0) is 9.53 Å². The van der Waals surface area contributed by atoms with E-state index in [1.165, 1.54) is 6.42 Å². The second-order valence-electron chi connectivity index (χ2n) is 8.55. The van der Waals surface area contributed by atoms with Crippen LogP contribution in [0, 0.1) is 11.3 Å². The van der Waals surface area contributed by atoms with Gasteiger partial charge in [-0.05, 0) is 59.5 Å². The second kappa shape index (κ2) is 5.54. The molecule has 2 aliphatic rings. The topological polar surface area (TPSA) is 41.6 Å². The van der Waals surface area contributed by atoms with Crippen molar-refractivity contribution in [3.05, 3.63) is 0 Å². The van der Waals surface area contributed by atoms with Crippen LogP contribution in [0.2, 0.25) is 0 Å². The summed E-state index contributed by atoms with van der Waals surface area (Å²) in [6, 6.07) is 0. The molecule has 0 saturated carbocycles. The SMILES string of the molecule is CC1(C)CN(C(=O)C(C)(C)C2CCCNC2)CC(C)(C)O1. The van der Waals surface area contributed by atoms with E-state index in [9.17, 15) is 4.79 Å². The molecule has 0 radical (unpaired) electrons. The van der Waals surface area contributed by atoms with Crippen LogP contribution < -0.4 is 5.32 Å². The van der Waals surface area contributed by atoms with Crippen molar-refractivity contribution in [3.8, 4) is 0 Å². The van der Waals surface area contributed by atoms with Gasteiger partial charge in [0.25, 0.3) is 0 Å². The summed E-state index contributed by atoms with van der Waals surface area (Å²) in [7, 11) is 0. The van der Waals surface area contributed by atoms with Gasteiger partial charge < -0.3 is 15.0 Å². The minimum absolute atomic E-state index is 0.278. The number of carbonyl (C=O) groups excluding carboxylic acids is 1. The summed E-state index contributed by atoms with van der Waals surface area (Å²) in [5, 5.41) is 3.44. The van der Waals surface area contributed by atoms with E-state index in [0.29, 0.717) is 19.0 Å². The molecule has 1 amide bonds.